The first-order valence-electron chi connectivity index (χ1n) is 8.60. The van der Waals surface area contributed by atoms with Gasteiger partial charge in [-0.2, -0.15) is 5.10 Å². The molecular weight excluding hydrogens is 304 g/mol. The summed E-state index contributed by atoms with van der Waals surface area (Å²) in [6, 6.07) is 9.98. The van der Waals surface area contributed by atoms with Gasteiger partial charge in [0.2, 0.25) is 0 Å². The Bertz CT molecular complexity index is 721. The Balaban J connectivity index is 1.46. The normalized spacial score (nSPS) is 23.2. The SMILES string of the molecule is O=C(NC1CCOc2ccccc21)c1ccn(C2CCCNC2)n1. The van der Waals surface area contributed by atoms with Gasteiger partial charge in [-0.3, -0.25) is 9.48 Å². The molecule has 6 heteroatoms. The molecular formula is C18H22N4O2. The Labute approximate surface area is 141 Å². The smallest absolute Gasteiger partial charge is 0.272 e. The maximum atomic E-state index is 12.6. The number of rotatable bonds is 3. The predicted molar refractivity (Wildman–Crippen MR) is 90.1 cm³/mol. The van der Waals surface area contributed by atoms with Crippen LogP contribution in [0.2, 0.25) is 0 Å². The van der Waals surface area contributed by atoms with Gasteiger partial charge in [-0.05, 0) is 31.5 Å². The number of ether oxygens (including phenoxy) is 1. The average Bonchev–Trinajstić information content (AvgIpc) is 3.13. The van der Waals surface area contributed by atoms with Crippen LogP contribution in [0.3, 0.4) is 0 Å². The first kappa shape index (κ1) is 15.2. The van der Waals surface area contributed by atoms with Gasteiger partial charge in [0.05, 0.1) is 18.7 Å². The van der Waals surface area contributed by atoms with Crippen molar-refractivity contribution < 1.29 is 9.53 Å². The lowest BCUT2D eigenvalue weighted by atomic mass is 10.0. The van der Waals surface area contributed by atoms with Crippen molar-refractivity contribution in [2.24, 2.45) is 0 Å². The second kappa shape index (κ2) is 6.65. The van der Waals surface area contributed by atoms with E-state index >= 15 is 0 Å². The number of fused-ring (bicyclic) bond motifs is 1. The second-order valence-electron chi connectivity index (χ2n) is 6.38. The molecule has 0 aliphatic carbocycles. The lowest BCUT2D eigenvalue weighted by molar-refractivity contribution is 0.0918. The van der Waals surface area contributed by atoms with Gasteiger partial charge in [-0.1, -0.05) is 18.2 Å². The first-order valence-corrected chi connectivity index (χ1v) is 8.60. The molecule has 126 valence electrons. The van der Waals surface area contributed by atoms with Crippen molar-refractivity contribution in [2.45, 2.75) is 31.3 Å². The summed E-state index contributed by atoms with van der Waals surface area (Å²) < 4.78 is 7.56. The Morgan fingerprint density at radius 2 is 2.21 bits per heavy atom. The number of nitrogens with zero attached hydrogens (tertiary/aromatic N) is 2. The van der Waals surface area contributed by atoms with Gasteiger partial charge in [0.25, 0.3) is 5.91 Å². The van der Waals surface area contributed by atoms with Gasteiger partial charge in [-0.25, -0.2) is 0 Å². The standard InChI is InChI=1S/C18H22N4O2/c23-18(16-7-10-22(21-16)13-4-3-9-19-12-13)20-15-8-11-24-17-6-2-1-5-14(15)17/h1-2,5-7,10,13,15,19H,3-4,8-9,11-12H2,(H,20,23). The van der Waals surface area contributed by atoms with Crippen LogP contribution in [0.5, 0.6) is 5.75 Å². The van der Waals surface area contributed by atoms with Gasteiger partial charge < -0.3 is 15.4 Å². The largest absolute Gasteiger partial charge is 0.493 e. The molecule has 0 bridgehead atoms. The van der Waals surface area contributed by atoms with Gasteiger partial charge in [-0.15, -0.1) is 0 Å². The van der Waals surface area contributed by atoms with Gasteiger partial charge >= 0.3 is 0 Å². The summed E-state index contributed by atoms with van der Waals surface area (Å²) >= 11 is 0. The van der Waals surface area contributed by atoms with Crippen molar-refractivity contribution in [3.63, 3.8) is 0 Å². The molecule has 1 aromatic carbocycles. The number of benzene rings is 1. The first-order chi connectivity index (χ1) is 11.8. The van der Waals surface area contributed by atoms with Crippen LogP contribution in [0.15, 0.2) is 36.5 Å². The zero-order valence-corrected chi connectivity index (χ0v) is 13.6. The Morgan fingerprint density at radius 3 is 3.08 bits per heavy atom. The Morgan fingerprint density at radius 1 is 1.29 bits per heavy atom. The minimum Gasteiger partial charge on any atom is -0.493 e. The van der Waals surface area contributed by atoms with E-state index in [0.29, 0.717) is 18.3 Å². The average molecular weight is 326 g/mol. The molecule has 6 nitrogen and oxygen atoms in total. The van der Waals surface area contributed by atoms with E-state index in [1.807, 2.05) is 35.1 Å². The summed E-state index contributed by atoms with van der Waals surface area (Å²) in [7, 11) is 0. The molecule has 1 fully saturated rings. The van der Waals surface area contributed by atoms with E-state index in [1.54, 1.807) is 6.07 Å². The summed E-state index contributed by atoms with van der Waals surface area (Å²) in [6.07, 6.45) is 4.93. The number of hydrogen-bond acceptors (Lipinski definition) is 4. The van der Waals surface area contributed by atoms with E-state index in [2.05, 4.69) is 15.7 Å². The third-order valence-electron chi connectivity index (χ3n) is 4.75. The third-order valence-corrected chi connectivity index (χ3v) is 4.75. The maximum Gasteiger partial charge on any atom is 0.272 e. The highest BCUT2D eigenvalue weighted by molar-refractivity contribution is 5.92. The van der Waals surface area contributed by atoms with Crippen molar-refractivity contribution in [2.75, 3.05) is 19.7 Å². The maximum absolute atomic E-state index is 12.6. The number of nitrogens with one attached hydrogen (secondary N) is 2. The van der Waals surface area contributed by atoms with Crippen molar-refractivity contribution >= 4 is 5.91 Å². The summed E-state index contributed by atoms with van der Waals surface area (Å²) in [5, 5.41) is 11.0. The number of carbonyl (C=O) groups is 1. The highest BCUT2D eigenvalue weighted by Gasteiger charge is 2.24. The van der Waals surface area contributed by atoms with Crippen LogP contribution in [0.1, 0.15) is 47.4 Å². The molecule has 1 saturated heterocycles. The fourth-order valence-electron chi connectivity index (χ4n) is 3.45. The molecule has 3 heterocycles. The minimum absolute atomic E-state index is 0.0241. The van der Waals surface area contributed by atoms with Crippen LogP contribution < -0.4 is 15.4 Å². The van der Waals surface area contributed by atoms with E-state index in [0.717, 1.165) is 43.7 Å². The van der Waals surface area contributed by atoms with Crippen LogP contribution in [0.4, 0.5) is 0 Å². The summed E-state index contributed by atoms with van der Waals surface area (Å²) in [5.74, 6) is 0.729. The number of aromatic nitrogens is 2. The summed E-state index contributed by atoms with van der Waals surface area (Å²) in [4.78, 5) is 12.6. The number of carbonyl (C=O) groups excluding carboxylic acids is 1. The number of hydrogen-bond donors (Lipinski definition) is 2. The van der Waals surface area contributed by atoms with Crippen molar-refractivity contribution in [1.82, 2.24) is 20.4 Å². The van der Waals surface area contributed by atoms with Crippen molar-refractivity contribution in [3.05, 3.63) is 47.8 Å². The molecule has 2 N–H and O–H groups in total. The van der Waals surface area contributed by atoms with Gasteiger partial charge in [0.1, 0.15) is 11.4 Å². The monoisotopic (exact) mass is 326 g/mol. The quantitative estimate of drug-likeness (QED) is 0.906. The Hall–Kier alpha value is -2.34. The van der Waals surface area contributed by atoms with E-state index in [1.165, 1.54) is 0 Å². The van der Waals surface area contributed by atoms with E-state index in [9.17, 15) is 4.79 Å². The van der Waals surface area contributed by atoms with Crippen LogP contribution >= 0.6 is 0 Å². The summed E-state index contributed by atoms with van der Waals surface area (Å²) in [6.45, 7) is 2.59. The van der Waals surface area contributed by atoms with Crippen LogP contribution in [0.25, 0.3) is 0 Å². The molecule has 1 aromatic heterocycles. The number of piperidine rings is 1. The van der Waals surface area contributed by atoms with Crippen LogP contribution in [0, 0.1) is 0 Å². The van der Waals surface area contributed by atoms with Crippen molar-refractivity contribution in [1.29, 1.82) is 0 Å². The van der Waals surface area contributed by atoms with E-state index in [4.69, 9.17) is 4.74 Å². The van der Waals surface area contributed by atoms with Gasteiger partial charge in [0.15, 0.2) is 0 Å². The zero-order valence-electron chi connectivity index (χ0n) is 13.6. The lowest BCUT2D eigenvalue weighted by Gasteiger charge is -2.26. The molecule has 2 atom stereocenters. The molecule has 2 aliphatic rings. The molecule has 2 unspecified atom stereocenters. The molecule has 0 radical (unpaired) electrons. The highest BCUT2D eigenvalue weighted by atomic mass is 16.5. The molecule has 0 spiro atoms. The van der Waals surface area contributed by atoms with Crippen LogP contribution in [-0.4, -0.2) is 35.4 Å². The fourth-order valence-corrected chi connectivity index (χ4v) is 3.45. The molecule has 1 amide bonds. The highest BCUT2D eigenvalue weighted by Crippen LogP contribution is 2.31. The van der Waals surface area contributed by atoms with E-state index < -0.39 is 0 Å². The molecule has 4 rings (SSSR count). The lowest BCUT2D eigenvalue weighted by Crippen LogP contribution is -2.33. The number of para-hydroxylation sites is 1. The Kier molecular flexibility index (Phi) is 4.21. The summed E-state index contributed by atoms with van der Waals surface area (Å²) in [5.41, 5.74) is 1.51. The zero-order chi connectivity index (χ0) is 16.4. The molecule has 2 aromatic rings. The predicted octanol–water partition coefficient (Wildman–Crippen LogP) is 2.06. The molecule has 0 saturated carbocycles. The fraction of sp³-hybridized carbons (Fsp3) is 0.444. The minimum atomic E-state index is -0.126. The van der Waals surface area contributed by atoms with Gasteiger partial charge in [0, 0.05) is 24.7 Å². The number of amides is 1. The molecule has 2 aliphatic heterocycles. The molecule has 24 heavy (non-hydrogen) atoms. The van der Waals surface area contributed by atoms with Crippen molar-refractivity contribution in [3.8, 4) is 5.75 Å². The van der Waals surface area contributed by atoms with Crippen LogP contribution in [-0.2, 0) is 0 Å². The van der Waals surface area contributed by atoms with E-state index in [-0.39, 0.29) is 11.9 Å². The second-order valence-corrected chi connectivity index (χ2v) is 6.38. The topological polar surface area (TPSA) is 68.2 Å². The third kappa shape index (κ3) is 3.01.